The van der Waals surface area contributed by atoms with Gasteiger partial charge in [-0.1, -0.05) is 18.6 Å². The molecule has 1 atom stereocenters. The predicted molar refractivity (Wildman–Crippen MR) is 117 cm³/mol. The van der Waals surface area contributed by atoms with Crippen LogP contribution in [0.3, 0.4) is 0 Å². The fourth-order valence-electron chi connectivity index (χ4n) is 3.74. The van der Waals surface area contributed by atoms with Crippen molar-refractivity contribution in [3.05, 3.63) is 72.3 Å². The second-order valence-corrected chi connectivity index (χ2v) is 9.62. The Kier molecular flexibility index (Phi) is 6.15. The van der Waals surface area contributed by atoms with Gasteiger partial charge in [0.25, 0.3) is 5.91 Å². The van der Waals surface area contributed by atoms with E-state index in [-0.39, 0.29) is 16.8 Å². The third-order valence-corrected chi connectivity index (χ3v) is 7.52. The molecule has 31 heavy (non-hydrogen) atoms. The number of anilines is 1. The summed E-state index contributed by atoms with van der Waals surface area (Å²) in [5, 5.41) is 6.91. The molecular formula is C22H25N5O3S. The van der Waals surface area contributed by atoms with Gasteiger partial charge in [-0.05, 0) is 61.7 Å². The standard InChI is InChI=1S/C22H25N5O3S/c1-17-4-2-3-13-27(17)31(29,30)21-11-7-19(8-12-21)22(28)25-20-9-5-18(6-10-20)14-26-16-23-15-24-26/h5-12,15-17H,2-4,13-14H2,1H3,(H,25,28). The van der Waals surface area contributed by atoms with E-state index in [2.05, 4.69) is 15.4 Å². The molecule has 1 aromatic heterocycles. The summed E-state index contributed by atoms with van der Waals surface area (Å²) in [4.78, 5) is 16.7. The van der Waals surface area contributed by atoms with Gasteiger partial charge in [-0.15, -0.1) is 0 Å². The first-order valence-corrected chi connectivity index (χ1v) is 11.7. The molecule has 1 N–H and O–H groups in total. The van der Waals surface area contributed by atoms with Gasteiger partial charge in [-0.3, -0.25) is 4.79 Å². The second kappa shape index (κ2) is 8.99. The quantitative estimate of drug-likeness (QED) is 0.636. The van der Waals surface area contributed by atoms with Gasteiger partial charge >= 0.3 is 0 Å². The molecule has 1 unspecified atom stereocenters. The van der Waals surface area contributed by atoms with Crippen molar-refractivity contribution in [1.82, 2.24) is 19.1 Å². The molecule has 162 valence electrons. The zero-order valence-electron chi connectivity index (χ0n) is 17.3. The van der Waals surface area contributed by atoms with E-state index < -0.39 is 10.0 Å². The Balaban J connectivity index is 1.41. The summed E-state index contributed by atoms with van der Waals surface area (Å²) in [5.74, 6) is -0.292. The highest BCUT2D eigenvalue weighted by Crippen LogP contribution is 2.25. The Morgan fingerprint density at radius 3 is 2.48 bits per heavy atom. The topological polar surface area (TPSA) is 97.2 Å². The molecule has 0 spiro atoms. The third-order valence-electron chi connectivity index (χ3n) is 5.49. The van der Waals surface area contributed by atoms with E-state index in [1.165, 1.54) is 18.5 Å². The predicted octanol–water partition coefficient (Wildman–Crippen LogP) is 3.14. The van der Waals surface area contributed by atoms with Crippen LogP contribution in [0.5, 0.6) is 0 Å². The molecule has 9 heteroatoms. The number of piperidine rings is 1. The Bertz CT molecular complexity index is 1130. The lowest BCUT2D eigenvalue weighted by Crippen LogP contribution is -2.41. The molecule has 4 rings (SSSR count). The van der Waals surface area contributed by atoms with Crippen molar-refractivity contribution >= 4 is 21.6 Å². The molecule has 1 fully saturated rings. The zero-order chi connectivity index (χ0) is 21.8. The number of nitrogens with zero attached hydrogens (tertiary/aromatic N) is 4. The maximum atomic E-state index is 12.9. The van der Waals surface area contributed by atoms with Crippen molar-refractivity contribution in [3.63, 3.8) is 0 Å². The lowest BCUT2D eigenvalue weighted by atomic mass is 10.1. The first-order chi connectivity index (χ1) is 14.9. The lowest BCUT2D eigenvalue weighted by Gasteiger charge is -2.32. The highest BCUT2D eigenvalue weighted by Gasteiger charge is 2.30. The van der Waals surface area contributed by atoms with Crippen LogP contribution < -0.4 is 5.32 Å². The number of benzene rings is 2. The molecule has 2 heterocycles. The minimum absolute atomic E-state index is 0.00532. The highest BCUT2D eigenvalue weighted by atomic mass is 32.2. The Labute approximate surface area is 182 Å². The average molecular weight is 440 g/mol. The van der Waals surface area contributed by atoms with E-state index >= 15 is 0 Å². The summed E-state index contributed by atoms with van der Waals surface area (Å²) in [7, 11) is -3.55. The van der Waals surface area contributed by atoms with Gasteiger partial charge in [-0.25, -0.2) is 18.1 Å². The van der Waals surface area contributed by atoms with E-state index in [0.717, 1.165) is 24.8 Å². The normalized spacial score (nSPS) is 17.4. The fourth-order valence-corrected chi connectivity index (χ4v) is 5.44. The van der Waals surface area contributed by atoms with E-state index in [1.54, 1.807) is 27.4 Å². The van der Waals surface area contributed by atoms with Crippen molar-refractivity contribution in [1.29, 1.82) is 0 Å². The van der Waals surface area contributed by atoms with Crippen molar-refractivity contribution in [2.45, 2.75) is 43.7 Å². The zero-order valence-corrected chi connectivity index (χ0v) is 18.1. The van der Waals surface area contributed by atoms with Crippen LogP contribution >= 0.6 is 0 Å². The minimum atomic E-state index is -3.55. The first-order valence-electron chi connectivity index (χ1n) is 10.3. The van der Waals surface area contributed by atoms with E-state index in [4.69, 9.17) is 0 Å². The largest absolute Gasteiger partial charge is 0.322 e. The van der Waals surface area contributed by atoms with Gasteiger partial charge in [0.1, 0.15) is 12.7 Å². The molecule has 0 bridgehead atoms. The molecule has 0 aliphatic carbocycles. The van der Waals surface area contributed by atoms with Crippen LogP contribution in [-0.2, 0) is 16.6 Å². The van der Waals surface area contributed by atoms with Crippen LogP contribution in [0.25, 0.3) is 0 Å². The monoisotopic (exact) mass is 439 g/mol. The number of rotatable bonds is 6. The van der Waals surface area contributed by atoms with Gasteiger partial charge in [-0.2, -0.15) is 9.40 Å². The first kappa shape index (κ1) is 21.2. The SMILES string of the molecule is CC1CCCCN1S(=O)(=O)c1ccc(C(=O)Nc2ccc(Cn3cncn3)cc2)cc1. The number of aromatic nitrogens is 3. The van der Waals surface area contributed by atoms with Gasteiger partial charge in [0.2, 0.25) is 10.0 Å². The molecular weight excluding hydrogens is 414 g/mol. The van der Waals surface area contributed by atoms with Crippen LogP contribution in [0.15, 0.2) is 66.1 Å². The Morgan fingerprint density at radius 2 is 1.84 bits per heavy atom. The summed E-state index contributed by atoms with van der Waals surface area (Å²) >= 11 is 0. The van der Waals surface area contributed by atoms with Crippen LogP contribution in [0, 0.1) is 0 Å². The number of hydrogen-bond acceptors (Lipinski definition) is 5. The third kappa shape index (κ3) is 4.83. The van der Waals surface area contributed by atoms with E-state index in [9.17, 15) is 13.2 Å². The number of sulfonamides is 1. The molecule has 0 saturated carbocycles. The summed E-state index contributed by atoms with van der Waals surface area (Å²) in [5.41, 5.74) is 2.09. The highest BCUT2D eigenvalue weighted by molar-refractivity contribution is 7.89. The van der Waals surface area contributed by atoms with Gasteiger partial charge in [0.05, 0.1) is 11.4 Å². The van der Waals surface area contributed by atoms with Crippen molar-refractivity contribution in [2.75, 3.05) is 11.9 Å². The van der Waals surface area contributed by atoms with Crippen molar-refractivity contribution in [2.24, 2.45) is 0 Å². The Hall–Kier alpha value is -3.04. The van der Waals surface area contributed by atoms with Crippen LogP contribution in [0.1, 0.15) is 42.1 Å². The van der Waals surface area contributed by atoms with Crippen LogP contribution in [-0.4, -0.2) is 46.0 Å². The molecule has 3 aromatic rings. The van der Waals surface area contributed by atoms with Crippen LogP contribution in [0.2, 0.25) is 0 Å². The van der Waals surface area contributed by atoms with E-state index in [1.807, 2.05) is 31.2 Å². The number of hydrogen-bond donors (Lipinski definition) is 1. The number of carbonyl (C=O) groups is 1. The lowest BCUT2D eigenvalue weighted by molar-refractivity contribution is 0.102. The summed E-state index contributed by atoms with van der Waals surface area (Å²) in [6, 6.07) is 13.6. The molecule has 1 aliphatic heterocycles. The number of carbonyl (C=O) groups excluding carboxylic acids is 1. The smallest absolute Gasteiger partial charge is 0.255 e. The average Bonchev–Trinajstić information content (AvgIpc) is 3.28. The molecule has 2 aromatic carbocycles. The van der Waals surface area contributed by atoms with E-state index in [0.29, 0.717) is 24.3 Å². The molecule has 1 saturated heterocycles. The summed E-state index contributed by atoms with van der Waals surface area (Å²) in [6.45, 7) is 3.08. The van der Waals surface area contributed by atoms with Gasteiger partial charge in [0.15, 0.2) is 0 Å². The second-order valence-electron chi connectivity index (χ2n) is 7.73. The summed E-state index contributed by atoms with van der Waals surface area (Å²) < 4.78 is 29.1. The fraction of sp³-hybridized carbons (Fsp3) is 0.318. The number of amides is 1. The molecule has 8 nitrogen and oxygen atoms in total. The van der Waals surface area contributed by atoms with Gasteiger partial charge in [0, 0.05) is 23.8 Å². The van der Waals surface area contributed by atoms with Gasteiger partial charge < -0.3 is 5.32 Å². The maximum Gasteiger partial charge on any atom is 0.255 e. The molecule has 1 amide bonds. The summed E-state index contributed by atoms with van der Waals surface area (Å²) in [6.07, 6.45) is 5.93. The minimum Gasteiger partial charge on any atom is -0.322 e. The Morgan fingerprint density at radius 1 is 1.10 bits per heavy atom. The number of nitrogens with one attached hydrogen (secondary N) is 1. The molecule has 0 radical (unpaired) electrons. The molecule has 1 aliphatic rings. The maximum absolute atomic E-state index is 12.9. The van der Waals surface area contributed by atoms with Crippen molar-refractivity contribution in [3.8, 4) is 0 Å². The van der Waals surface area contributed by atoms with Crippen molar-refractivity contribution < 1.29 is 13.2 Å². The van der Waals surface area contributed by atoms with Crippen LogP contribution in [0.4, 0.5) is 5.69 Å².